The van der Waals surface area contributed by atoms with E-state index in [1.807, 2.05) is 6.92 Å². The summed E-state index contributed by atoms with van der Waals surface area (Å²) in [5.74, 6) is -1.80. The Morgan fingerprint density at radius 1 is 1.29 bits per heavy atom. The monoisotopic (exact) mass is 296 g/mol. The molecule has 0 aliphatic carbocycles. The van der Waals surface area contributed by atoms with Crippen molar-refractivity contribution in [1.82, 2.24) is 0 Å². The number of carboxylic acids is 2. The normalized spacial score (nSPS) is 11.1. The van der Waals surface area contributed by atoms with Crippen LogP contribution in [0, 0.1) is 13.8 Å². The maximum atomic E-state index is 10.8. The highest BCUT2D eigenvalue weighted by atomic mass is 16.4. The van der Waals surface area contributed by atoms with Crippen molar-refractivity contribution in [2.75, 3.05) is 11.9 Å². The van der Waals surface area contributed by atoms with E-state index in [4.69, 9.17) is 10.2 Å². The molecule has 0 saturated heterocycles. The number of aryl methyl sites for hydroxylation is 3. The first-order valence-corrected chi connectivity index (χ1v) is 6.74. The van der Waals surface area contributed by atoms with E-state index in [2.05, 4.69) is 37.0 Å². The van der Waals surface area contributed by atoms with Gasteiger partial charge in [0.2, 0.25) is 0 Å². The average molecular weight is 296 g/mol. The number of hydrogen-bond donors (Lipinski definition) is 4. The highest BCUT2D eigenvalue weighted by molar-refractivity contribution is 5.78. The molecular weight excluding hydrogens is 272 g/mol. The second-order valence-electron chi connectivity index (χ2n) is 4.77. The molecule has 0 aromatic heterocycles. The summed E-state index contributed by atoms with van der Waals surface area (Å²) < 4.78 is 0. The lowest BCUT2D eigenvalue weighted by Gasteiger charge is -2.17. The third kappa shape index (κ3) is 6.76. The molecule has 0 heterocycles. The van der Waals surface area contributed by atoms with E-state index >= 15 is 0 Å². The van der Waals surface area contributed by atoms with E-state index < -0.39 is 18.0 Å². The molecule has 0 saturated carbocycles. The van der Waals surface area contributed by atoms with E-state index in [1.165, 1.54) is 11.1 Å². The van der Waals surface area contributed by atoms with Gasteiger partial charge >= 0.3 is 11.9 Å². The molecule has 1 rings (SSSR count). The van der Waals surface area contributed by atoms with E-state index in [1.54, 1.807) is 6.92 Å². The standard InChI is InChI=1S/C13H19NO2.C2H5NO2/c1-5-11-7-8(2)6-9(3)12(11)14-10(4)13(15)16;3-1-2(4)5/h6-7,10,14H,5H2,1-4H3,(H,15,16);1,3H2,(H,4,5)/t10-;/m0./s1. The zero-order valence-corrected chi connectivity index (χ0v) is 12.9. The molecule has 118 valence electrons. The molecular formula is C15H24N2O4. The third-order valence-electron chi connectivity index (χ3n) is 2.85. The summed E-state index contributed by atoms with van der Waals surface area (Å²) in [4.78, 5) is 20.1. The fourth-order valence-corrected chi connectivity index (χ4v) is 1.82. The van der Waals surface area contributed by atoms with Crippen molar-refractivity contribution in [2.24, 2.45) is 5.73 Å². The second kappa shape index (κ2) is 8.97. The van der Waals surface area contributed by atoms with Crippen molar-refractivity contribution in [3.8, 4) is 0 Å². The number of hydrogen-bond acceptors (Lipinski definition) is 4. The van der Waals surface area contributed by atoms with Crippen molar-refractivity contribution in [3.05, 3.63) is 28.8 Å². The van der Waals surface area contributed by atoms with Gasteiger partial charge in [0, 0.05) is 5.69 Å². The van der Waals surface area contributed by atoms with Gasteiger partial charge in [0.25, 0.3) is 0 Å². The number of nitrogens with one attached hydrogen (secondary N) is 1. The summed E-state index contributed by atoms with van der Waals surface area (Å²) in [7, 11) is 0. The SMILES string of the molecule is CCc1cc(C)cc(C)c1N[C@@H](C)C(=O)O.NCC(=O)O. The fraction of sp³-hybridized carbons (Fsp3) is 0.467. The Morgan fingerprint density at radius 2 is 1.81 bits per heavy atom. The minimum Gasteiger partial charge on any atom is -0.480 e. The Labute approximate surface area is 125 Å². The molecule has 0 aliphatic rings. The van der Waals surface area contributed by atoms with Crippen LogP contribution in [0.3, 0.4) is 0 Å². The van der Waals surface area contributed by atoms with Crippen LogP contribution in [0.2, 0.25) is 0 Å². The number of anilines is 1. The molecule has 1 atom stereocenters. The molecule has 0 radical (unpaired) electrons. The number of aliphatic carboxylic acids is 2. The molecule has 1 aromatic carbocycles. The molecule has 6 heteroatoms. The third-order valence-corrected chi connectivity index (χ3v) is 2.85. The van der Waals surface area contributed by atoms with Crippen molar-refractivity contribution in [3.63, 3.8) is 0 Å². The number of nitrogens with two attached hydrogens (primary N) is 1. The number of benzene rings is 1. The maximum absolute atomic E-state index is 10.8. The summed E-state index contributed by atoms with van der Waals surface area (Å²) in [6.45, 7) is 7.51. The number of carboxylic acid groups (broad SMARTS) is 2. The lowest BCUT2D eigenvalue weighted by Crippen LogP contribution is -2.26. The van der Waals surface area contributed by atoms with Crippen LogP contribution in [0.25, 0.3) is 0 Å². The van der Waals surface area contributed by atoms with Crippen LogP contribution < -0.4 is 11.1 Å². The summed E-state index contributed by atoms with van der Waals surface area (Å²) in [5, 5.41) is 19.5. The van der Waals surface area contributed by atoms with Gasteiger partial charge in [-0.15, -0.1) is 0 Å². The molecule has 5 N–H and O–H groups in total. The summed E-state index contributed by atoms with van der Waals surface area (Å²) >= 11 is 0. The number of rotatable bonds is 5. The molecule has 0 bridgehead atoms. The van der Waals surface area contributed by atoms with Gasteiger partial charge in [0.1, 0.15) is 6.04 Å². The van der Waals surface area contributed by atoms with Gasteiger partial charge in [0.05, 0.1) is 6.54 Å². The van der Waals surface area contributed by atoms with E-state index in [-0.39, 0.29) is 6.54 Å². The Balaban J connectivity index is 0.000000690. The number of carbonyl (C=O) groups is 2. The predicted molar refractivity (Wildman–Crippen MR) is 82.7 cm³/mol. The highest BCUT2D eigenvalue weighted by Gasteiger charge is 2.13. The van der Waals surface area contributed by atoms with Crippen molar-refractivity contribution in [2.45, 2.75) is 40.2 Å². The van der Waals surface area contributed by atoms with Crippen LogP contribution in [-0.4, -0.2) is 34.7 Å². The summed E-state index contributed by atoms with van der Waals surface area (Å²) in [5.41, 5.74) is 9.02. The van der Waals surface area contributed by atoms with Crippen LogP contribution in [0.15, 0.2) is 12.1 Å². The first-order chi connectivity index (χ1) is 9.72. The van der Waals surface area contributed by atoms with Crippen molar-refractivity contribution < 1.29 is 19.8 Å². The smallest absolute Gasteiger partial charge is 0.325 e. The minimum atomic E-state index is -0.968. The predicted octanol–water partition coefficient (Wildman–Crippen LogP) is 1.78. The van der Waals surface area contributed by atoms with Gasteiger partial charge in [-0.1, -0.05) is 24.6 Å². The van der Waals surface area contributed by atoms with Crippen LogP contribution in [0.4, 0.5) is 5.69 Å². The van der Waals surface area contributed by atoms with Gasteiger partial charge in [-0.2, -0.15) is 0 Å². The first-order valence-electron chi connectivity index (χ1n) is 6.74. The summed E-state index contributed by atoms with van der Waals surface area (Å²) in [6.07, 6.45) is 0.900. The van der Waals surface area contributed by atoms with Crippen LogP contribution in [0.5, 0.6) is 0 Å². The molecule has 0 aliphatic heterocycles. The van der Waals surface area contributed by atoms with Gasteiger partial charge in [-0.05, 0) is 38.3 Å². The Kier molecular flexibility index (Phi) is 8.08. The second-order valence-corrected chi connectivity index (χ2v) is 4.77. The molecule has 0 unspecified atom stereocenters. The Morgan fingerprint density at radius 3 is 2.19 bits per heavy atom. The van der Waals surface area contributed by atoms with Gasteiger partial charge < -0.3 is 21.3 Å². The van der Waals surface area contributed by atoms with E-state index in [9.17, 15) is 9.59 Å². The average Bonchev–Trinajstić information content (AvgIpc) is 2.41. The van der Waals surface area contributed by atoms with E-state index in [0.717, 1.165) is 17.7 Å². The van der Waals surface area contributed by atoms with Crippen LogP contribution >= 0.6 is 0 Å². The largest absolute Gasteiger partial charge is 0.480 e. The highest BCUT2D eigenvalue weighted by Crippen LogP contribution is 2.24. The summed E-state index contributed by atoms with van der Waals surface area (Å²) in [6, 6.07) is 3.60. The molecule has 0 fully saturated rings. The van der Waals surface area contributed by atoms with Crippen LogP contribution in [0.1, 0.15) is 30.5 Å². The minimum absolute atomic E-state index is 0.278. The molecule has 1 aromatic rings. The molecule has 0 spiro atoms. The fourth-order valence-electron chi connectivity index (χ4n) is 1.82. The maximum Gasteiger partial charge on any atom is 0.325 e. The molecule has 21 heavy (non-hydrogen) atoms. The van der Waals surface area contributed by atoms with Crippen molar-refractivity contribution >= 4 is 17.6 Å². The first kappa shape index (κ1) is 18.9. The lowest BCUT2D eigenvalue weighted by atomic mass is 10.0. The van der Waals surface area contributed by atoms with Gasteiger partial charge in [-0.25, -0.2) is 0 Å². The zero-order valence-electron chi connectivity index (χ0n) is 12.9. The molecule has 6 nitrogen and oxygen atoms in total. The van der Waals surface area contributed by atoms with Gasteiger partial charge in [-0.3, -0.25) is 9.59 Å². The van der Waals surface area contributed by atoms with Crippen LogP contribution in [-0.2, 0) is 16.0 Å². The lowest BCUT2D eigenvalue weighted by molar-refractivity contribution is -0.137. The molecule has 0 amide bonds. The van der Waals surface area contributed by atoms with Crippen molar-refractivity contribution in [1.29, 1.82) is 0 Å². The quantitative estimate of drug-likeness (QED) is 0.659. The van der Waals surface area contributed by atoms with Gasteiger partial charge in [0.15, 0.2) is 0 Å². The topological polar surface area (TPSA) is 113 Å². The Hall–Kier alpha value is -2.08. The van der Waals surface area contributed by atoms with E-state index in [0.29, 0.717) is 0 Å². The zero-order chi connectivity index (χ0) is 16.6. The Bertz CT molecular complexity index is 501.